The summed E-state index contributed by atoms with van der Waals surface area (Å²) in [6.45, 7) is 4.11. The fourth-order valence-electron chi connectivity index (χ4n) is 1.88. The number of halogens is 1. The minimum Gasteiger partial charge on any atom is -0.439 e. The summed E-state index contributed by atoms with van der Waals surface area (Å²) in [5, 5.41) is 0.731. The van der Waals surface area contributed by atoms with Crippen LogP contribution in [0, 0.1) is 13.8 Å². The van der Waals surface area contributed by atoms with Crippen LogP contribution in [-0.4, -0.2) is 17.1 Å². The summed E-state index contributed by atoms with van der Waals surface area (Å²) >= 11 is 6.14. The summed E-state index contributed by atoms with van der Waals surface area (Å²) < 4.78 is 10.8. The first-order chi connectivity index (χ1) is 10.0. The third-order valence-corrected chi connectivity index (χ3v) is 3.40. The van der Waals surface area contributed by atoms with Gasteiger partial charge in [-0.15, -0.1) is 0 Å². The Labute approximate surface area is 128 Å². The van der Waals surface area contributed by atoms with Gasteiger partial charge in [-0.3, -0.25) is 0 Å². The summed E-state index contributed by atoms with van der Waals surface area (Å²) in [5.74, 6) is 7.35. The van der Waals surface area contributed by atoms with Crippen molar-refractivity contribution in [1.82, 2.24) is 9.97 Å². The average molecular weight is 309 g/mol. The van der Waals surface area contributed by atoms with Crippen molar-refractivity contribution >= 4 is 17.4 Å². The van der Waals surface area contributed by atoms with E-state index in [9.17, 15) is 0 Å². The number of nitrogens with one attached hydrogen (secondary N) is 1. The van der Waals surface area contributed by atoms with E-state index in [0.717, 1.165) is 16.1 Å². The average Bonchev–Trinajstić information content (AvgIpc) is 2.44. The molecule has 0 saturated carbocycles. The molecule has 1 heterocycles. The van der Waals surface area contributed by atoms with Crippen molar-refractivity contribution in [2.75, 3.05) is 12.5 Å². The first-order valence-electron chi connectivity index (χ1n) is 6.31. The normalized spacial score (nSPS) is 10.5. The number of hydrogen-bond donors (Lipinski definition) is 2. The molecule has 2 aromatic rings. The van der Waals surface area contributed by atoms with Crippen LogP contribution in [0.4, 0.5) is 5.82 Å². The lowest BCUT2D eigenvalue weighted by Crippen LogP contribution is -2.11. The Morgan fingerprint density at radius 3 is 2.43 bits per heavy atom. The number of hydrazine groups is 1. The predicted octanol–water partition coefficient (Wildman–Crippen LogP) is 2.97. The molecule has 0 spiro atoms. The molecule has 1 aromatic heterocycles. The summed E-state index contributed by atoms with van der Waals surface area (Å²) in [4.78, 5) is 8.42. The second-order valence-corrected chi connectivity index (χ2v) is 4.94. The highest BCUT2D eigenvalue weighted by Gasteiger charge is 2.08. The summed E-state index contributed by atoms with van der Waals surface area (Å²) in [7, 11) is 1.57. The first kappa shape index (κ1) is 15.5. The smallest absolute Gasteiger partial charge is 0.224 e. The van der Waals surface area contributed by atoms with Crippen molar-refractivity contribution < 1.29 is 9.47 Å². The molecule has 0 amide bonds. The predicted molar refractivity (Wildman–Crippen MR) is 81.6 cm³/mol. The van der Waals surface area contributed by atoms with Crippen molar-refractivity contribution in [2.45, 2.75) is 20.5 Å². The second kappa shape index (κ2) is 6.71. The van der Waals surface area contributed by atoms with Gasteiger partial charge in [0.05, 0.1) is 0 Å². The van der Waals surface area contributed by atoms with Gasteiger partial charge in [0.15, 0.2) is 5.82 Å². The van der Waals surface area contributed by atoms with Gasteiger partial charge in [-0.2, -0.15) is 4.98 Å². The molecule has 0 fully saturated rings. The number of rotatable bonds is 5. The molecule has 112 valence electrons. The van der Waals surface area contributed by atoms with Crippen molar-refractivity contribution in [3.05, 3.63) is 40.2 Å². The van der Waals surface area contributed by atoms with E-state index in [-0.39, 0.29) is 6.61 Å². The number of anilines is 1. The minimum absolute atomic E-state index is 0.268. The summed E-state index contributed by atoms with van der Waals surface area (Å²) in [5.41, 5.74) is 4.36. The molecular formula is C14H17ClN4O2. The molecular weight excluding hydrogens is 292 g/mol. The lowest BCUT2D eigenvalue weighted by molar-refractivity contribution is 0.177. The molecule has 1 aromatic carbocycles. The molecule has 21 heavy (non-hydrogen) atoms. The summed E-state index contributed by atoms with van der Waals surface area (Å²) in [6.07, 6.45) is 0. The Bertz CT molecular complexity index is 626. The third-order valence-electron chi connectivity index (χ3n) is 2.80. The number of aromatic nitrogens is 2. The van der Waals surface area contributed by atoms with Crippen LogP contribution in [0.5, 0.6) is 11.6 Å². The van der Waals surface area contributed by atoms with Gasteiger partial charge in [-0.1, -0.05) is 11.6 Å². The maximum absolute atomic E-state index is 6.14. The van der Waals surface area contributed by atoms with Crippen LogP contribution in [0.15, 0.2) is 18.2 Å². The molecule has 0 aliphatic rings. The van der Waals surface area contributed by atoms with Crippen LogP contribution in [0.3, 0.4) is 0 Å². The Morgan fingerprint density at radius 2 is 1.86 bits per heavy atom. The number of hydrogen-bond acceptors (Lipinski definition) is 6. The zero-order valence-electron chi connectivity index (χ0n) is 12.1. The molecule has 3 N–H and O–H groups in total. The first-order valence-corrected chi connectivity index (χ1v) is 6.69. The molecule has 0 aliphatic heterocycles. The molecule has 0 unspecified atom stereocenters. The number of benzene rings is 1. The number of nitrogens with two attached hydrogens (primary N) is 1. The van der Waals surface area contributed by atoms with E-state index in [4.69, 9.17) is 26.9 Å². The van der Waals surface area contributed by atoms with Crippen LogP contribution < -0.4 is 16.0 Å². The number of aryl methyl sites for hydroxylation is 2. The van der Waals surface area contributed by atoms with Gasteiger partial charge in [-0.25, -0.2) is 10.8 Å². The van der Waals surface area contributed by atoms with Crippen LogP contribution >= 0.6 is 11.6 Å². The number of ether oxygens (including phenoxy) is 2. The van der Waals surface area contributed by atoms with E-state index in [2.05, 4.69) is 15.4 Å². The topological polar surface area (TPSA) is 82.3 Å². The van der Waals surface area contributed by atoms with Gasteiger partial charge in [0.2, 0.25) is 5.88 Å². The summed E-state index contributed by atoms with van der Waals surface area (Å²) in [6, 6.07) is 5.31. The molecule has 0 atom stereocenters. The van der Waals surface area contributed by atoms with Crippen LogP contribution in [0.2, 0.25) is 5.02 Å². The van der Waals surface area contributed by atoms with Crippen molar-refractivity contribution in [3.8, 4) is 11.6 Å². The molecule has 7 heteroatoms. The fraction of sp³-hybridized carbons (Fsp3) is 0.286. The zero-order valence-corrected chi connectivity index (χ0v) is 12.9. The van der Waals surface area contributed by atoms with Gasteiger partial charge in [0, 0.05) is 18.2 Å². The number of nitrogen functional groups attached to an aromatic ring is 1. The Morgan fingerprint density at radius 1 is 1.19 bits per heavy atom. The van der Waals surface area contributed by atoms with Gasteiger partial charge in [0.25, 0.3) is 0 Å². The van der Waals surface area contributed by atoms with Crippen LogP contribution in [0.25, 0.3) is 0 Å². The number of nitrogens with zero attached hydrogens (tertiary/aromatic N) is 2. The van der Waals surface area contributed by atoms with Crippen LogP contribution in [-0.2, 0) is 11.3 Å². The van der Waals surface area contributed by atoms with Crippen LogP contribution in [0.1, 0.15) is 17.0 Å². The molecule has 6 nitrogen and oxygen atoms in total. The highest BCUT2D eigenvalue weighted by Crippen LogP contribution is 2.29. The minimum atomic E-state index is 0.268. The van der Waals surface area contributed by atoms with E-state index >= 15 is 0 Å². The highest BCUT2D eigenvalue weighted by atomic mass is 35.5. The monoisotopic (exact) mass is 308 g/mol. The Kier molecular flexibility index (Phi) is 4.95. The van der Waals surface area contributed by atoms with E-state index in [1.165, 1.54) is 0 Å². The highest BCUT2D eigenvalue weighted by molar-refractivity contribution is 6.32. The lowest BCUT2D eigenvalue weighted by atomic mass is 10.1. The molecule has 0 saturated heterocycles. The molecule has 2 rings (SSSR count). The maximum Gasteiger partial charge on any atom is 0.224 e. The maximum atomic E-state index is 6.14. The van der Waals surface area contributed by atoms with E-state index < -0.39 is 0 Å². The SMILES string of the molecule is COCc1nc(NN)cc(Oc2cc(C)c(Cl)c(C)c2)n1. The zero-order chi connectivity index (χ0) is 15.4. The van der Waals surface area contributed by atoms with Gasteiger partial charge >= 0.3 is 0 Å². The molecule has 0 bridgehead atoms. The second-order valence-electron chi connectivity index (χ2n) is 4.56. The van der Waals surface area contributed by atoms with Crippen molar-refractivity contribution in [1.29, 1.82) is 0 Å². The quantitative estimate of drug-likeness (QED) is 0.653. The van der Waals surface area contributed by atoms with Gasteiger partial charge in [-0.05, 0) is 37.1 Å². The Hall–Kier alpha value is -1.89. The standard InChI is InChI=1S/C14H17ClN4O2/c1-8-4-10(5-9(2)14(8)15)21-13-6-11(19-16)17-12(18-13)7-20-3/h4-6H,7,16H2,1-3H3,(H,17,18,19). The van der Waals surface area contributed by atoms with Gasteiger partial charge < -0.3 is 14.9 Å². The molecule has 0 aliphatic carbocycles. The Balaban J connectivity index is 2.32. The van der Waals surface area contributed by atoms with Crippen molar-refractivity contribution in [3.63, 3.8) is 0 Å². The van der Waals surface area contributed by atoms with Crippen molar-refractivity contribution in [2.24, 2.45) is 5.84 Å². The largest absolute Gasteiger partial charge is 0.439 e. The van der Waals surface area contributed by atoms with E-state index in [0.29, 0.717) is 23.3 Å². The molecule has 0 radical (unpaired) electrons. The third kappa shape index (κ3) is 3.81. The van der Waals surface area contributed by atoms with E-state index in [1.807, 2.05) is 26.0 Å². The number of methoxy groups -OCH3 is 1. The van der Waals surface area contributed by atoms with Gasteiger partial charge in [0.1, 0.15) is 18.2 Å². The lowest BCUT2D eigenvalue weighted by Gasteiger charge is -2.11. The fourth-order valence-corrected chi connectivity index (χ4v) is 1.99. The van der Waals surface area contributed by atoms with E-state index in [1.54, 1.807) is 13.2 Å².